The van der Waals surface area contributed by atoms with E-state index < -0.39 is 0 Å². The molecule has 5 rings (SSSR count). The minimum Gasteiger partial charge on any atom is -0.360 e. The third-order valence-electron chi connectivity index (χ3n) is 5.47. The van der Waals surface area contributed by atoms with Gasteiger partial charge in [-0.15, -0.1) is 0 Å². The Bertz CT molecular complexity index is 1570. The highest BCUT2D eigenvalue weighted by Crippen LogP contribution is 2.31. The molecule has 0 fully saturated rings. The van der Waals surface area contributed by atoms with Gasteiger partial charge in [-0.2, -0.15) is 0 Å². The minimum absolute atomic E-state index is 0.333. The summed E-state index contributed by atoms with van der Waals surface area (Å²) in [5, 5.41) is 13.8. The molecule has 2 aromatic carbocycles. The van der Waals surface area contributed by atoms with E-state index in [2.05, 4.69) is 36.1 Å². The molecule has 1 amide bonds. The largest absolute Gasteiger partial charge is 0.360 e. The molecule has 0 saturated carbocycles. The van der Waals surface area contributed by atoms with Gasteiger partial charge in [-0.3, -0.25) is 4.79 Å². The number of carbonyl (C=O) groups is 1. The van der Waals surface area contributed by atoms with Crippen LogP contribution in [-0.2, 0) is 0 Å². The van der Waals surface area contributed by atoms with Crippen molar-refractivity contribution in [1.82, 2.24) is 20.1 Å². The highest BCUT2D eigenvalue weighted by molar-refractivity contribution is 6.33. The smallest absolute Gasteiger partial charge is 0.261 e. The summed E-state index contributed by atoms with van der Waals surface area (Å²) in [7, 11) is 0. The van der Waals surface area contributed by atoms with Gasteiger partial charge in [0.2, 0.25) is 0 Å². The number of amides is 1. The maximum absolute atomic E-state index is 13.1. The Hall–Kier alpha value is -4.76. The van der Waals surface area contributed by atoms with Gasteiger partial charge < -0.3 is 20.5 Å². The van der Waals surface area contributed by atoms with Crippen molar-refractivity contribution in [1.29, 1.82) is 0 Å². The SMILES string of the molecule is Cc1ccnc(Nc2cc(Nc3ccc(NC(=O)c4c(-c5ccccc5Cl)noc4C)cc3)ncn2)c1. The van der Waals surface area contributed by atoms with Crippen molar-refractivity contribution in [3.05, 3.63) is 101 Å². The Balaban J connectivity index is 1.27. The zero-order valence-corrected chi connectivity index (χ0v) is 20.7. The number of aromatic nitrogens is 4. The summed E-state index contributed by atoms with van der Waals surface area (Å²) in [6.45, 7) is 3.69. The van der Waals surface area contributed by atoms with Gasteiger partial charge in [-0.25, -0.2) is 15.0 Å². The molecule has 5 aromatic rings. The molecule has 3 heterocycles. The summed E-state index contributed by atoms with van der Waals surface area (Å²) in [6, 6.07) is 20.1. The van der Waals surface area contributed by atoms with Crippen LogP contribution >= 0.6 is 11.6 Å². The van der Waals surface area contributed by atoms with E-state index in [1.807, 2.05) is 43.3 Å². The molecule has 37 heavy (non-hydrogen) atoms. The number of nitrogens with one attached hydrogen (secondary N) is 3. The lowest BCUT2D eigenvalue weighted by Gasteiger charge is -2.10. The summed E-state index contributed by atoms with van der Waals surface area (Å²) in [4.78, 5) is 25.9. The maximum Gasteiger partial charge on any atom is 0.261 e. The van der Waals surface area contributed by atoms with Crippen LogP contribution in [0.5, 0.6) is 0 Å². The van der Waals surface area contributed by atoms with Crippen LogP contribution in [0.3, 0.4) is 0 Å². The third-order valence-corrected chi connectivity index (χ3v) is 5.80. The molecule has 184 valence electrons. The summed E-state index contributed by atoms with van der Waals surface area (Å²) in [5.41, 5.74) is 3.84. The van der Waals surface area contributed by atoms with E-state index in [1.54, 1.807) is 43.5 Å². The molecule has 9 nitrogen and oxygen atoms in total. The number of hydrogen-bond donors (Lipinski definition) is 3. The Morgan fingerprint density at radius 1 is 0.838 bits per heavy atom. The monoisotopic (exact) mass is 511 g/mol. The summed E-state index contributed by atoms with van der Waals surface area (Å²) in [5.74, 6) is 1.97. The van der Waals surface area contributed by atoms with E-state index in [1.165, 1.54) is 6.33 Å². The van der Waals surface area contributed by atoms with Crippen LogP contribution < -0.4 is 16.0 Å². The van der Waals surface area contributed by atoms with E-state index in [9.17, 15) is 4.79 Å². The third kappa shape index (κ3) is 5.57. The number of rotatable bonds is 7. The van der Waals surface area contributed by atoms with Crippen molar-refractivity contribution in [2.24, 2.45) is 0 Å². The number of hydrogen-bond acceptors (Lipinski definition) is 8. The molecule has 0 bridgehead atoms. The molecular formula is C27H22ClN7O2. The Morgan fingerprint density at radius 3 is 2.30 bits per heavy atom. The summed E-state index contributed by atoms with van der Waals surface area (Å²) in [6.07, 6.45) is 3.20. The fourth-order valence-electron chi connectivity index (χ4n) is 3.68. The molecule has 0 saturated heterocycles. The lowest BCUT2D eigenvalue weighted by Crippen LogP contribution is -2.13. The van der Waals surface area contributed by atoms with Gasteiger partial charge in [0.05, 0.1) is 5.02 Å². The fourth-order valence-corrected chi connectivity index (χ4v) is 3.91. The van der Waals surface area contributed by atoms with Crippen molar-refractivity contribution in [2.75, 3.05) is 16.0 Å². The standard InChI is InChI=1S/C27H22ClN7O2/c1-16-11-12-29-22(13-16)34-24-14-23(30-15-31-24)32-18-7-9-19(10-8-18)33-27(36)25-17(2)37-35-26(25)20-5-3-4-6-21(20)28/h3-15H,1-2H3,(H,33,36)(H2,29,30,31,32,34). The number of pyridine rings is 1. The molecule has 0 spiro atoms. The fraction of sp³-hybridized carbons (Fsp3) is 0.0741. The van der Waals surface area contributed by atoms with Crippen LogP contribution in [0.2, 0.25) is 5.02 Å². The van der Waals surface area contributed by atoms with Gasteiger partial charge in [0.25, 0.3) is 5.91 Å². The highest BCUT2D eigenvalue weighted by atomic mass is 35.5. The molecular weight excluding hydrogens is 490 g/mol. The van der Waals surface area contributed by atoms with Gasteiger partial charge in [0.1, 0.15) is 40.8 Å². The zero-order valence-electron chi connectivity index (χ0n) is 20.0. The van der Waals surface area contributed by atoms with Crippen molar-refractivity contribution in [3.63, 3.8) is 0 Å². The van der Waals surface area contributed by atoms with Crippen LogP contribution in [-0.4, -0.2) is 26.0 Å². The molecule has 0 aliphatic heterocycles. The molecule has 3 aromatic heterocycles. The van der Waals surface area contributed by atoms with E-state index in [-0.39, 0.29) is 5.91 Å². The first-order valence-electron chi connectivity index (χ1n) is 11.4. The predicted molar refractivity (Wildman–Crippen MR) is 144 cm³/mol. The average molecular weight is 512 g/mol. The van der Waals surface area contributed by atoms with Crippen LogP contribution in [0.1, 0.15) is 21.7 Å². The first-order valence-corrected chi connectivity index (χ1v) is 11.8. The minimum atomic E-state index is -0.342. The molecule has 0 atom stereocenters. The van der Waals surface area contributed by atoms with Crippen molar-refractivity contribution in [3.8, 4) is 11.3 Å². The Morgan fingerprint density at radius 2 is 1.54 bits per heavy atom. The van der Waals surface area contributed by atoms with Crippen LogP contribution in [0.25, 0.3) is 11.3 Å². The second-order valence-electron chi connectivity index (χ2n) is 8.23. The van der Waals surface area contributed by atoms with Crippen molar-refractivity contribution in [2.45, 2.75) is 13.8 Å². The van der Waals surface area contributed by atoms with Crippen LogP contribution in [0.15, 0.2) is 83.8 Å². The molecule has 0 aliphatic rings. The molecule has 0 radical (unpaired) electrons. The number of benzene rings is 2. The van der Waals surface area contributed by atoms with Crippen LogP contribution in [0, 0.1) is 13.8 Å². The van der Waals surface area contributed by atoms with Gasteiger partial charge in [-0.1, -0.05) is 35.0 Å². The number of aryl methyl sites for hydroxylation is 2. The van der Waals surface area contributed by atoms with Gasteiger partial charge in [-0.05, 0) is 61.9 Å². The van der Waals surface area contributed by atoms with Gasteiger partial charge >= 0.3 is 0 Å². The Labute approximate surface area is 217 Å². The topological polar surface area (TPSA) is 118 Å². The molecule has 10 heteroatoms. The second-order valence-corrected chi connectivity index (χ2v) is 8.64. The quantitative estimate of drug-likeness (QED) is 0.225. The summed E-state index contributed by atoms with van der Waals surface area (Å²) >= 11 is 6.31. The van der Waals surface area contributed by atoms with E-state index >= 15 is 0 Å². The second kappa shape index (κ2) is 10.5. The van der Waals surface area contributed by atoms with Gasteiger partial charge in [0, 0.05) is 29.2 Å². The van der Waals surface area contributed by atoms with Gasteiger partial charge in [0.15, 0.2) is 0 Å². The van der Waals surface area contributed by atoms with E-state index in [4.69, 9.17) is 16.1 Å². The summed E-state index contributed by atoms with van der Waals surface area (Å²) < 4.78 is 5.30. The number of halogens is 1. The number of anilines is 5. The number of nitrogens with zero attached hydrogens (tertiary/aromatic N) is 4. The normalized spacial score (nSPS) is 10.7. The first kappa shape index (κ1) is 24.0. The predicted octanol–water partition coefficient (Wildman–Crippen LogP) is 6.54. The maximum atomic E-state index is 13.1. The number of carbonyl (C=O) groups excluding carboxylic acids is 1. The lowest BCUT2D eigenvalue weighted by molar-refractivity contribution is 0.102. The van der Waals surface area contributed by atoms with Crippen LogP contribution in [0.4, 0.5) is 28.8 Å². The van der Waals surface area contributed by atoms with Crippen molar-refractivity contribution < 1.29 is 9.32 Å². The zero-order chi connectivity index (χ0) is 25.8. The molecule has 0 aliphatic carbocycles. The first-order chi connectivity index (χ1) is 18.0. The molecule has 3 N–H and O–H groups in total. The Kier molecular flexibility index (Phi) is 6.78. The highest BCUT2D eigenvalue weighted by Gasteiger charge is 2.23. The van der Waals surface area contributed by atoms with Crippen molar-refractivity contribution >= 4 is 46.3 Å². The van der Waals surface area contributed by atoms with E-state index in [0.29, 0.717) is 50.7 Å². The molecule has 0 unspecified atom stereocenters. The average Bonchev–Trinajstić information content (AvgIpc) is 3.27. The van der Waals surface area contributed by atoms with E-state index in [0.717, 1.165) is 11.3 Å². The lowest BCUT2D eigenvalue weighted by atomic mass is 10.1.